The van der Waals surface area contributed by atoms with Crippen molar-refractivity contribution in [2.24, 2.45) is 5.92 Å². The van der Waals surface area contributed by atoms with Crippen LogP contribution in [0.15, 0.2) is 24.3 Å². The van der Waals surface area contributed by atoms with Crippen LogP contribution in [-0.4, -0.2) is 42.2 Å². The summed E-state index contributed by atoms with van der Waals surface area (Å²) in [6.07, 6.45) is 1.99. The normalized spacial score (nSPS) is 20.5. The van der Waals surface area contributed by atoms with Gasteiger partial charge in [-0.05, 0) is 30.5 Å². The van der Waals surface area contributed by atoms with Crippen molar-refractivity contribution in [2.45, 2.75) is 31.8 Å². The average molecular weight is 316 g/mol. The van der Waals surface area contributed by atoms with E-state index in [4.69, 9.17) is 4.74 Å². The van der Waals surface area contributed by atoms with Gasteiger partial charge in [-0.3, -0.25) is 14.4 Å². The predicted molar refractivity (Wildman–Crippen MR) is 82.7 cm³/mol. The van der Waals surface area contributed by atoms with Crippen molar-refractivity contribution in [1.82, 2.24) is 10.2 Å². The van der Waals surface area contributed by atoms with Crippen LogP contribution in [0.5, 0.6) is 5.75 Å². The molecule has 1 aromatic rings. The van der Waals surface area contributed by atoms with Crippen LogP contribution >= 0.6 is 0 Å². The smallest absolute Gasteiger partial charge is 0.287 e. The van der Waals surface area contributed by atoms with Gasteiger partial charge in [0, 0.05) is 25.6 Å². The van der Waals surface area contributed by atoms with Crippen LogP contribution in [0.25, 0.3) is 0 Å². The molecule has 122 valence electrons. The van der Waals surface area contributed by atoms with Gasteiger partial charge in [0.05, 0.1) is 13.0 Å². The van der Waals surface area contributed by atoms with E-state index in [1.54, 1.807) is 12.0 Å². The van der Waals surface area contributed by atoms with Gasteiger partial charge >= 0.3 is 0 Å². The number of nitrogens with zero attached hydrogens (tertiary/aromatic N) is 1. The van der Waals surface area contributed by atoms with Crippen LogP contribution in [0.2, 0.25) is 0 Å². The summed E-state index contributed by atoms with van der Waals surface area (Å²) in [5, 5.41) is 2.69. The van der Waals surface area contributed by atoms with E-state index in [0.29, 0.717) is 13.1 Å². The number of carbonyl (C=O) groups is 3. The summed E-state index contributed by atoms with van der Waals surface area (Å²) in [5.74, 6) is -0.872. The fourth-order valence-electron chi connectivity index (χ4n) is 2.72. The van der Waals surface area contributed by atoms with Gasteiger partial charge in [-0.25, -0.2) is 0 Å². The minimum Gasteiger partial charge on any atom is -0.497 e. The number of hydrogen-bond donors (Lipinski definition) is 1. The molecule has 0 spiro atoms. The van der Waals surface area contributed by atoms with E-state index in [0.717, 1.165) is 24.2 Å². The molecule has 0 aromatic heterocycles. The highest BCUT2D eigenvalue weighted by Gasteiger charge is 2.38. The Bertz CT molecular complexity index is 622. The third kappa shape index (κ3) is 3.70. The maximum Gasteiger partial charge on any atom is 0.287 e. The van der Waals surface area contributed by atoms with Gasteiger partial charge in [0.2, 0.25) is 11.7 Å². The maximum absolute atomic E-state index is 12.1. The summed E-state index contributed by atoms with van der Waals surface area (Å²) in [5.41, 5.74) is 0.967. The number of amides is 2. The van der Waals surface area contributed by atoms with E-state index in [9.17, 15) is 14.4 Å². The Morgan fingerprint density at radius 2 is 1.96 bits per heavy atom. The number of carbonyl (C=O) groups excluding carboxylic acids is 3. The molecule has 1 aromatic carbocycles. The van der Waals surface area contributed by atoms with Gasteiger partial charge in [-0.1, -0.05) is 12.1 Å². The Morgan fingerprint density at radius 3 is 2.57 bits per heavy atom. The van der Waals surface area contributed by atoms with Crippen LogP contribution < -0.4 is 10.1 Å². The topological polar surface area (TPSA) is 75.7 Å². The largest absolute Gasteiger partial charge is 0.497 e. The first-order chi connectivity index (χ1) is 11.1. The second-order valence-electron chi connectivity index (χ2n) is 6.14. The first-order valence-corrected chi connectivity index (χ1v) is 7.82. The van der Waals surface area contributed by atoms with Crippen LogP contribution in [0.1, 0.15) is 24.8 Å². The van der Waals surface area contributed by atoms with E-state index in [1.165, 1.54) is 0 Å². The van der Waals surface area contributed by atoms with E-state index in [-0.39, 0.29) is 18.4 Å². The standard InChI is InChI=1S/C17H20N2O4/c1-23-14-6-2-11(3-7-14)9-19-10-12(8-15(19)20)16(21)17(22)18-13-4-5-13/h2-3,6-7,12-13H,4-5,8-10H2,1H3,(H,18,22)/t12-/m1/s1. The summed E-state index contributed by atoms with van der Waals surface area (Å²) < 4.78 is 5.10. The molecule has 2 amide bonds. The van der Waals surface area contributed by atoms with Crippen molar-refractivity contribution in [2.75, 3.05) is 13.7 Å². The van der Waals surface area contributed by atoms with Crippen molar-refractivity contribution in [3.05, 3.63) is 29.8 Å². The van der Waals surface area contributed by atoms with Gasteiger partial charge < -0.3 is 15.0 Å². The summed E-state index contributed by atoms with van der Waals surface area (Å²) in [4.78, 5) is 37.7. The van der Waals surface area contributed by atoms with Crippen LogP contribution in [-0.2, 0) is 20.9 Å². The molecule has 3 rings (SSSR count). The molecule has 1 saturated carbocycles. The van der Waals surface area contributed by atoms with E-state index in [1.807, 2.05) is 24.3 Å². The molecule has 0 bridgehead atoms. The Morgan fingerprint density at radius 1 is 1.26 bits per heavy atom. The van der Waals surface area contributed by atoms with Gasteiger partial charge in [0.1, 0.15) is 5.75 Å². The highest BCUT2D eigenvalue weighted by molar-refractivity contribution is 6.37. The number of nitrogens with one attached hydrogen (secondary N) is 1. The van der Waals surface area contributed by atoms with E-state index >= 15 is 0 Å². The van der Waals surface area contributed by atoms with Crippen molar-refractivity contribution < 1.29 is 19.1 Å². The zero-order valence-electron chi connectivity index (χ0n) is 13.1. The number of methoxy groups -OCH3 is 1. The zero-order valence-corrected chi connectivity index (χ0v) is 13.1. The van der Waals surface area contributed by atoms with Crippen LogP contribution in [0.3, 0.4) is 0 Å². The van der Waals surface area contributed by atoms with Crippen molar-refractivity contribution in [3.63, 3.8) is 0 Å². The lowest BCUT2D eigenvalue weighted by Crippen LogP contribution is -2.37. The summed E-state index contributed by atoms with van der Waals surface area (Å²) in [6.45, 7) is 0.749. The van der Waals surface area contributed by atoms with Crippen molar-refractivity contribution >= 4 is 17.6 Å². The lowest BCUT2D eigenvalue weighted by Gasteiger charge is -2.16. The molecule has 1 aliphatic carbocycles. The lowest BCUT2D eigenvalue weighted by atomic mass is 10.0. The van der Waals surface area contributed by atoms with E-state index < -0.39 is 17.6 Å². The molecule has 1 atom stereocenters. The number of ketones is 1. The molecule has 23 heavy (non-hydrogen) atoms. The first kappa shape index (κ1) is 15.5. The number of ether oxygens (including phenoxy) is 1. The molecule has 0 unspecified atom stereocenters. The molecule has 1 saturated heterocycles. The zero-order chi connectivity index (χ0) is 16.4. The number of Topliss-reactive ketones (excluding diaryl/α,β-unsaturated/α-hetero) is 1. The summed E-state index contributed by atoms with van der Waals surface area (Å²) in [6, 6.07) is 7.60. The Balaban J connectivity index is 1.57. The Hall–Kier alpha value is -2.37. The van der Waals surface area contributed by atoms with Gasteiger partial charge in [0.15, 0.2) is 0 Å². The number of likely N-dealkylation sites (tertiary alicyclic amines) is 1. The SMILES string of the molecule is COc1ccc(CN2C[C@H](C(=O)C(=O)NC3CC3)CC2=O)cc1. The van der Waals surface area contributed by atoms with Crippen molar-refractivity contribution in [1.29, 1.82) is 0 Å². The van der Waals surface area contributed by atoms with E-state index in [2.05, 4.69) is 5.32 Å². The molecule has 6 nitrogen and oxygen atoms in total. The monoisotopic (exact) mass is 316 g/mol. The third-order valence-corrected chi connectivity index (χ3v) is 4.25. The molecule has 0 radical (unpaired) electrons. The molecule has 1 aliphatic heterocycles. The van der Waals surface area contributed by atoms with Gasteiger partial charge in [-0.15, -0.1) is 0 Å². The number of benzene rings is 1. The molecule has 1 heterocycles. The second kappa shape index (κ2) is 6.40. The predicted octanol–water partition coefficient (Wildman–Crippen LogP) is 0.891. The first-order valence-electron chi connectivity index (χ1n) is 7.82. The maximum atomic E-state index is 12.1. The van der Waals surface area contributed by atoms with Crippen LogP contribution in [0, 0.1) is 5.92 Å². The van der Waals surface area contributed by atoms with Gasteiger partial charge in [-0.2, -0.15) is 0 Å². The number of rotatable bonds is 6. The molecular weight excluding hydrogens is 296 g/mol. The Kier molecular flexibility index (Phi) is 4.32. The molecule has 1 N–H and O–H groups in total. The van der Waals surface area contributed by atoms with Gasteiger partial charge in [0.25, 0.3) is 5.91 Å². The summed E-state index contributed by atoms with van der Waals surface area (Å²) in [7, 11) is 1.60. The highest BCUT2D eigenvalue weighted by Crippen LogP contribution is 2.23. The quantitative estimate of drug-likeness (QED) is 0.791. The molecule has 2 fully saturated rings. The Labute approximate surface area is 134 Å². The summed E-state index contributed by atoms with van der Waals surface area (Å²) >= 11 is 0. The lowest BCUT2D eigenvalue weighted by molar-refractivity contribution is -0.140. The molecule has 2 aliphatic rings. The van der Waals surface area contributed by atoms with Crippen molar-refractivity contribution in [3.8, 4) is 5.75 Å². The fourth-order valence-corrected chi connectivity index (χ4v) is 2.72. The highest BCUT2D eigenvalue weighted by atomic mass is 16.5. The second-order valence-corrected chi connectivity index (χ2v) is 6.14. The minimum absolute atomic E-state index is 0.0848. The minimum atomic E-state index is -0.545. The average Bonchev–Trinajstić information content (AvgIpc) is 3.30. The molecular formula is C17H20N2O4. The van der Waals surface area contributed by atoms with Crippen LogP contribution in [0.4, 0.5) is 0 Å². The third-order valence-electron chi connectivity index (χ3n) is 4.25. The number of hydrogen-bond acceptors (Lipinski definition) is 4. The fraction of sp³-hybridized carbons (Fsp3) is 0.471. The molecule has 6 heteroatoms.